The van der Waals surface area contributed by atoms with Crippen LogP contribution in [0, 0.1) is 6.92 Å². The SMILES string of the molecule is COc1ccc(CCC(=O)Nc2ccc(N3CCN(C)CC3)cc2C)cc1. The molecular formula is C22H29N3O2. The Morgan fingerprint density at radius 3 is 2.41 bits per heavy atom. The first kappa shape index (κ1) is 19.2. The Morgan fingerprint density at radius 1 is 1.07 bits per heavy atom. The number of benzene rings is 2. The summed E-state index contributed by atoms with van der Waals surface area (Å²) < 4.78 is 5.16. The second kappa shape index (κ2) is 8.91. The number of hydrogen-bond acceptors (Lipinski definition) is 4. The molecule has 1 N–H and O–H groups in total. The highest BCUT2D eigenvalue weighted by Gasteiger charge is 2.15. The number of anilines is 2. The molecule has 1 fully saturated rings. The first-order valence-electron chi connectivity index (χ1n) is 9.52. The van der Waals surface area contributed by atoms with Gasteiger partial charge in [-0.15, -0.1) is 0 Å². The summed E-state index contributed by atoms with van der Waals surface area (Å²) in [6, 6.07) is 14.2. The monoisotopic (exact) mass is 367 g/mol. The highest BCUT2D eigenvalue weighted by Crippen LogP contribution is 2.24. The molecule has 5 heteroatoms. The van der Waals surface area contributed by atoms with Crippen molar-refractivity contribution in [2.75, 3.05) is 50.6 Å². The Labute approximate surface area is 161 Å². The number of hydrogen-bond donors (Lipinski definition) is 1. The predicted octanol–water partition coefficient (Wildman–Crippen LogP) is 3.33. The predicted molar refractivity (Wildman–Crippen MR) is 111 cm³/mol. The lowest BCUT2D eigenvalue weighted by Crippen LogP contribution is -2.44. The van der Waals surface area contributed by atoms with Crippen LogP contribution in [0.4, 0.5) is 11.4 Å². The van der Waals surface area contributed by atoms with Crippen molar-refractivity contribution in [2.45, 2.75) is 19.8 Å². The van der Waals surface area contributed by atoms with E-state index in [4.69, 9.17) is 4.74 Å². The number of amides is 1. The van der Waals surface area contributed by atoms with Gasteiger partial charge in [-0.25, -0.2) is 0 Å². The minimum absolute atomic E-state index is 0.0428. The Bertz CT molecular complexity index is 766. The van der Waals surface area contributed by atoms with Crippen LogP contribution in [0.5, 0.6) is 5.75 Å². The first-order valence-corrected chi connectivity index (χ1v) is 9.52. The van der Waals surface area contributed by atoms with Crippen molar-refractivity contribution < 1.29 is 9.53 Å². The molecule has 5 nitrogen and oxygen atoms in total. The molecule has 3 rings (SSSR count). The van der Waals surface area contributed by atoms with E-state index >= 15 is 0 Å². The van der Waals surface area contributed by atoms with E-state index in [1.165, 1.54) is 5.69 Å². The van der Waals surface area contributed by atoms with Crippen molar-refractivity contribution in [2.24, 2.45) is 0 Å². The van der Waals surface area contributed by atoms with Crippen LogP contribution in [-0.4, -0.2) is 51.1 Å². The van der Waals surface area contributed by atoms with Crippen LogP contribution in [0.25, 0.3) is 0 Å². The molecule has 0 radical (unpaired) electrons. The Kier molecular flexibility index (Phi) is 6.35. The summed E-state index contributed by atoms with van der Waals surface area (Å²) in [5, 5.41) is 3.05. The van der Waals surface area contributed by atoms with Crippen LogP contribution in [0.2, 0.25) is 0 Å². The molecule has 0 aliphatic carbocycles. The van der Waals surface area contributed by atoms with Gasteiger partial charge in [-0.05, 0) is 61.9 Å². The molecule has 1 aliphatic heterocycles. The van der Waals surface area contributed by atoms with E-state index in [1.807, 2.05) is 30.3 Å². The van der Waals surface area contributed by atoms with Gasteiger partial charge in [0.05, 0.1) is 7.11 Å². The summed E-state index contributed by atoms with van der Waals surface area (Å²) in [5.74, 6) is 0.875. The quantitative estimate of drug-likeness (QED) is 0.851. The molecule has 0 saturated carbocycles. The van der Waals surface area contributed by atoms with E-state index in [1.54, 1.807) is 7.11 Å². The lowest BCUT2D eigenvalue weighted by atomic mass is 10.1. The molecule has 0 atom stereocenters. The van der Waals surface area contributed by atoms with Crippen LogP contribution < -0.4 is 15.0 Å². The maximum atomic E-state index is 12.3. The average Bonchev–Trinajstić information content (AvgIpc) is 2.69. The summed E-state index contributed by atoms with van der Waals surface area (Å²) in [6.45, 7) is 6.32. The third kappa shape index (κ3) is 5.23. The largest absolute Gasteiger partial charge is 0.497 e. The van der Waals surface area contributed by atoms with E-state index in [2.05, 4.69) is 41.2 Å². The lowest BCUT2D eigenvalue weighted by molar-refractivity contribution is -0.116. The number of piperazine rings is 1. The van der Waals surface area contributed by atoms with Crippen molar-refractivity contribution in [1.29, 1.82) is 0 Å². The normalized spacial score (nSPS) is 14.9. The maximum Gasteiger partial charge on any atom is 0.224 e. The number of nitrogens with zero attached hydrogens (tertiary/aromatic N) is 2. The lowest BCUT2D eigenvalue weighted by Gasteiger charge is -2.34. The van der Waals surface area contributed by atoms with Gasteiger partial charge in [0.2, 0.25) is 5.91 Å². The molecule has 1 saturated heterocycles. The van der Waals surface area contributed by atoms with E-state index in [-0.39, 0.29) is 5.91 Å². The molecular weight excluding hydrogens is 338 g/mol. The minimum Gasteiger partial charge on any atom is -0.497 e. The van der Waals surface area contributed by atoms with E-state index in [0.717, 1.165) is 48.7 Å². The fraction of sp³-hybridized carbons (Fsp3) is 0.409. The molecule has 0 aromatic heterocycles. The van der Waals surface area contributed by atoms with Gasteiger partial charge >= 0.3 is 0 Å². The molecule has 0 spiro atoms. The Hall–Kier alpha value is -2.53. The molecule has 27 heavy (non-hydrogen) atoms. The molecule has 1 heterocycles. The zero-order chi connectivity index (χ0) is 19.2. The van der Waals surface area contributed by atoms with E-state index < -0.39 is 0 Å². The summed E-state index contributed by atoms with van der Waals surface area (Å²) in [4.78, 5) is 17.1. The number of carbonyl (C=O) groups excluding carboxylic acids is 1. The van der Waals surface area contributed by atoms with E-state index in [0.29, 0.717) is 12.8 Å². The first-order chi connectivity index (χ1) is 13.0. The highest BCUT2D eigenvalue weighted by atomic mass is 16.5. The summed E-state index contributed by atoms with van der Waals surface area (Å²) >= 11 is 0. The molecule has 2 aromatic carbocycles. The number of carbonyl (C=O) groups is 1. The van der Waals surface area contributed by atoms with Crippen LogP contribution >= 0.6 is 0 Å². The zero-order valence-corrected chi connectivity index (χ0v) is 16.5. The second-order valence-electron chi connectivity index (χ2n) is 7.19. The van der Waals surface area contributed by atoms with Gasteiger partial charge in [0.1, 0.15) is 5.75 Å². The standard InChI is InChI=1S/C22H29N3O2/c1-17-16-19(25-14-12-24(2)13-15-25)7-10-21(17)23-22(26)11-6-18-4-8-20(27-3)9-5-18/h4-5,7-10,16H,6,11-15H2,1-3H3,(H,23,26). The van der Waals surface area contributed by atoms with Crippen molar-refractivity contribution in [3.05, 3.63) is 53.6 Å². The molecule has 144 valence electrons. The fourth-order valence-electron chi connectivity index (χ4n) is 3.31. The van der Waals surface area contributed by atoms with Crippen LogP contribution in [-0.2, 0) is 11.2 Å². The summed E-state index contributed by atoms with van der Waals surface area (Å²) in [6.07, 6.45) is 1.18. The number of likely N-dealkylation sites (N-methyl/N-ethyl adjacent to an activating group) is 1. The summed E-state index contributed by atoms with van der Waals surface area (Å²) in [5.41, 5.74) is 4.36. The smallest absolute Gasteiger partial charge is 0.224 e. The molecule has 2 aromatic rings. The Balaban J connectivity index is 1.54. The Morgan fingerprint density at radius 2 is 1.78 bits per heavy atom. The third-order valence-electron chi connectivity index (χ3n) is 5.15. The van der Waals surface area contributed by atoms with Crippen molar-refractivity contribution >= 4 is 17.3 Å². The number of aryl methyl sites for hydroxylation is 2. The van der Waals surface area contributed by atoms with Crippen LogP contribution in [0.3, 0.4) is 0 Å². The highest BCUT2D eigenvalue weighted by molar-refractivity contribution is 5.91. The number of nitrogens with one attached hydrogen (secondary N) is 1. The van der Waals surface area contributed by atoms with Gasteiger partial charge in [0.25, 0.3) is 0 Å². The van der Waals surface area contributed by atoms with Crippen molar-refractivity contribution in [3.63, 3.8) is 0 Å². The number of rotatable bonds is 6. The van der Waals surface area contributed by atoms with Crippen molar-refractivity contribution in [1.82, 2.24) is 4.90 Å². The zero-order valence-electron chi connectivity index (χ0n) is 16.5. The minimum atomic E-state index is 0.0428. The van der Waals surface area contributed by atoms with Gasteiger partial charge in [-0.2, -0.15) is 0 Å². The van der Waals surface area contributed by atoms with E-state index in [9.17, 15) is 4.79 Å². The topological polar surface area (TPSA) is 44.8 Å². The fourth-order valence-corrected chi connectivity index (χ4v) is 3.31. The molecule has 0 bridgehead atoms. The average molecular weight is 367 g/mol. The number of methoxy groups -OCH3 is 1. The third-order valence-corrected chi connectivity index (χ3v) is 5.15. The van der Waals surface area contributed by atoms with Crippen LogP contribution in [0.15, 0.2) is 42.5 Å². The van der Waals surface area contributed by atoms with Gasteiger partial charge in [-0.3, -0.25) is 4.79 Å². The maximum absolute atomic E-state index is 12.3. The number of ether oxygens (including phenoxy) is 1. The molecule has 0 unspecified atom stereocenters. The van der Waals surface area contributed by atoms with Gasteiger partial charge in [0, 0.05) is 44.0 Å². The molecule has 1 aliphatic rings. The summed E-state index contributed by atoms with van der Waals surface area (Å²) in [7, 11) is 3.81. The second-order valence-corrected chi connectivity index (χ2v) is 7.19. The van der Waals surface area contributed by atoms with Gasteiger partial charge in [-0.1, -0.05) is 12.1 Å². The van der Waals surface area contributed by atoms with Gasteiger partial charge in [0.15, 0.2) is 0 Å². The van der Waals surface area contributed by atoms with Crippen LogP contribution in [0.1, 0.15) is 17.5 Å². The van der Waals surface area contributed by atoms with Gasteiger partial charge < -0.3 is 19.9 Å². The van der Waals surface area contributed by atoms with Crippen molar-refractivity contribution in [3.8, 4) is 5.75 Å². The molecule has 1 amide bonds.